The summed E-state index contributed by atoms with van der Waals surface area (Å²) >= 11 is 0. The molecule has 3 rings (SSSR count). The predicted molar refractivity (Wildman–Crippen MR) is 130 cm³/mol. The molecular weight excluding hydrogens is 402 g/mol. The van der Waals surface area contributed by atoms with E-state index >= 15 is 0 Å². The van der Waals surface area contributed by atoms with Crippen molar-refractivity contribution in [2.24, 2.45) is 4.99 Å². The minimum atomic E-state index is 0.773. The molecule has 1 N–H and O–H groups in total. The maximum atomic E-state index is 5.54. The summed E-state index contributed by atoms with van der Waals surface area (Å²) in [6, 6.07) is 14.7. The molecule has 1 saturated heterocycles. The largest absolute Gasteiger partial charge is 0.497 e. The van der Waals surface area contributed by atoms with Crippen LogP contribution in [0.3, 0.4) is 0 Å². The van der Waals surface area contributed by atoms with Gasteiger partial charge in [0.2, 0.25) is 0 Å². The number of piperazine rings is 1. The van der Waals surface area contributed by atoms with Crippen molar-refractivity contribution in [3.8, 4) is 11.5 Å². The Morgan fingerprint density at radius 3 is 2.41 bits per heavy atom. The van der Waals surface area contributed by atoms with Crippen molar-refractivity contribution in [1.82, 2.24) is 20.0 Å². The van der Waals surface area contributed by atoms with Gasteiger partial charge in [0.1, 0.15) is 11.5 Å². The molecule has 0 saturated carbocycles. The fourth-order valence-electron chi connectivity index (χ4n) is 4.08. The van der Waals surface area contributed by atoms with Gasteiger partial charge in [0.25, 0.3) is 0 Å². The molecule has 1 aliphatic rings. The van der Waals surface area contributed by atoms with Gasteiger partial charge in [-0.1, -0.05) is 24.3 Å². The first-order chi connectivity index (χ1) is 15.5. The van der Waals surface area contributed by atoms with E-state index in [1.807, 2.05) is 19.2 Å². The number of ether oxygens (including phenoxy) is 2. The van der Waals surface area contributed by atoms with Gasteiger partial charge in [0, 0.05) is 58.4 Å². The Hall–Kier alpha value is -2.77. The highest BCUT2D eigenvalue weighted by atomic mass is 16.5. The van der Waals surface area contributed by atoms with Gasteiger partial charge in [-0.25, -0.2) is 0 Å². The molecule has 2 aromatic rings. The zero-order chi connectivity index (χ0) is 22.9. The van der Waals surface area contributed by atoms with E-state index in [9.17, 15) is 0 Å². The summed E-state index contributed by atoms with van der Waals surface area (Å²) in [4.78, 5) is 11.5. The van der Waals surface area contributed by atoms with Gasteiger partial charge in [0.15, 0.2) is 5.96 Å². The number of nitrogens with one attached hydrogen (secondary N) is 1. The number of methoxy groups -OCH3 is 2. The molecule has 0 aromatic heterocycles. The highest BCUT2D eigenvalue weighted by Crippen LogP contribution is 2.25. The maximum Gasteiger partial charge on any atom is 0.194 e. The second-order valence-electron chi connectivity index (χ2n) is 8.40. The first-order valence-corrected chi connectivity index (χ1v) is 11.1. The third-order valence-corrected chi connectivity index (χ3v) is 5.71. The van der Waals surface area contributed by atoms with E-state index in [2.05, 4.69) is 69.4 Å². The maximum absolute atomic E-state index is 5.54. The molecule has 0 bridgehead atoms. The molecule has 2 aromatic carbocycles. The molecule has 0 amide bonds. The molecule has 0 radical (unpaired) electrons. The number of rotatable bonds is 8. The number of aliphatic imine (C=N–C) groups is 1. The lowest BCUT2D eigenvalue weighted by atomic mass is 10.1. The van der Waals surface area contributed by atoms with Gasteiger partial charge in [0.05, 0.1) is 14.2 Å². The molecule has 1 fully saturated rings. The first-order valence-electron chi connectivity index (χ1n) is 11.1. The molecule has 7 heteroatoms. The average molecular weight is 440 g/mol. The predicted octanol–water partition coefficient (Wildman–Crippen LogP) is 2.66. The minimum absolute atomic E-state index is 0.773. The summed E-state index contributed by atoms with van der Waals surface area (Å²) in [6.45, 7) is 6.38. The van der Waals surface area contributed by atoms with Crippen LogP contribution in [0.15, 0.2) is 47.5 Å². The zero-order valence-electron chi connectivity index (χ0n) is 20.1. The Morgan fingerprint density at radius 2 is 1.75 bits per heavy atom. The number of guanidine groups is 1. The second kappa shape index (κ2) is 11.7. The van der Waals surface area contributed by atoms with E-state index in [1.54, 1.807) is 14.2 Å². The second-order valence-corrected chi connectivity index (χ2v) is 8.40. The third kappa shape index (κ3) is 6.61. The lowest BCUT2D eigenvalue weighted by molar-refractivity contribution is 0.171. The van der Waals surface area contributed by atoms with Crippen molar-refractivity contribution in [2.45, 2.75) is 19.6 Å². The van der Waals surface area contributed by atoms with Crippen LogP contribution in [0.1, 0.15) is 16.7 Å². The van der Waals surface area contributed by atoms with Gasteiger partial charge in [-0.05, 0) is 43.4 Å². The molecule has 7 nitrogen and oxygen atoms in total. The van der Waals surface area contributed by atoms with Crippen LogP contribution in [-0.2, 0) is 19.6 Å². The van der Waals surface area contributed by atoms with Crippen molar-refractivity contribution < 1.29 is 9.47 Å². The number of hydrogen-bond donors (Lipinski definition) is 1. The summed E-state index contributed by atoms with van der Waals surface area (Å²) < 4.78 is 10.9. The van der Waals surface area contributed by atoms with Crippen LogP contribution >= 0.6 is 0 Å². The van der Waals surface area contributed by atoms with Crippen LogP contribution in [0.5, 0.6) is 11.5 Å². The molecule has 1 heterocycles. The quantitative estimate of drug-likeness (QED) is 0.504. The van der Waals surface area contributed by atoms with Gasteiger partial charge in [-0.15, -0.1) is 0 Å². The van der Waals surface area contributed by atoms with Gasteiger partial charge in [-0.3, -0.25) is 9.89 Å². The lowest BCUT2D eigenvalue weighted by Crippen LogP contribution is -2.52. The molecule has 32 heavy (non-hydrogen) atoms. The highest BCUT2D eigenvalue weighted by Gasteiger charge is 2.21. The average Bonchev–Trinajstić information content (AvgIpc) is 2.80. The van der Waals surface area contributed by atoms with E-state index < -0.39 is 0 Å². The number of benzene rings is 2. The highest BCUT2D eigenvalue weighted by molar-refractivity contribution is 5.80. The minimum Gasteiger partial charge on any atom is -0.497 e. The van der Waals surface area contributed by atoms with Crippen molar-refractivity contribution >= 4 is 5.96 Å². The lowest BCUT2D eigenvalue weighted by Gasteiger charge is -2.36. The summed E-state index contributed by atoms with van der Waals surface area (Å²) in [7, 11) is 9.46. The van der Waals surface area contributed by atoms with E-state index in [0.717, 1.165) is 68.8 Å². The van der Waals surface area contributed by atoms with Crippen LogP contribution in [0.4, 0.5) is 0 Å². The summed E-state index contributed by atoms with van der Waals surface area (Å²) in [5, 5.41) is 3.54. The monoisotopic (exact) mass is 439 g/mol. The van der Waals surface area contributed by atoms with Crippen molar-refractivity contribution in [3.05, 3.63) is 59.2 Å². The summed E-state index contributed by atoms with van der Waals surface area (Å²) in [6.07, 6.45) is 0. The Balaban J connectivity index is 1.53. The summed E-state index contributed by atoms with van der Waals surface area (Å²) in [5.41, 5.74) is 3.75. The van der Waals surface area contributed by atoms with Crippen molar-refractivity contribution in [2.75, 3.05) is 61.5 Å². The molecule has 1 aliphatic heterocycles. The molecule has 0 unspecified atom stereocenters. The fraction of sp³-hybridized carbons (Fsp3) is 0.480. The molecule has 0 aliphatic carbocycles. The summed E-state index contributed by atoms with van der Waals surface area (Å²) in [5.74, 6) is 2.72. The van der Waals surface area contributed by atoms with Gasteiger partial charge < -0.3 is 24.6 Å². The van der Waals surface area contributed by atoms with Crippen LogP contribution < -0.4 is 14.8 Å². The molecular formula is C25H37N5O2. The number of nitrogens with zero attached hydrogens (tertiary/aromatic N) is 4. The molecule has 174 valence electrons. The van der Waals surface area contributed by atoms with Crippen LogP contribution in [0, 0.1) is 0 Å². The Bertz CT molecular complexity index is 892. The van der Waals surface area contributed by atoms with Crippen molar-refractivity contribution in [3.63, 3.8) is 0 Å². The Kier molecular flexibility index (Phi) is 8.76. The number of hydrogen-bond acceptors (Lipinski definition) is 5. The molecule has 0 spiro atoms. The Labute approximate surface area is 192 Å². The zero-order valence-corrected chi connectivity index (χ0v) is 20.1. The SMILES string of the molecule is CN=C(NCc1cccc(CN(C)C)c1)N1CCN(Cc2cc(OC)ccc2OC)CC1. The first kappa shape index (κ1) is 23.9. The van der Waals surface area contributed by atoms with E-state index in [0.29, 0.717) is 0 Å². The topological polar surface area (TPSA) is 52.6 Å². The fourth-order valence-corrected chi connectivity index (χ4v) is 4.08. The third-order valence-electron chi connectivity index (χ3n) is 5.71. The van der Waals surface area contributed by atoms with Crippen molar-refractivity contribution in [1.29, 1.82) is 0 Å². The van der Waals surface area contributed by atoms with E-state index in [-0.39, 0.29) is 0 Å². The van der Waals surface area contributed by atoms with Crippen LogP contribution in [0.2, 0.25) is 0 Å². The van der Waals surface area contributed by atoms with Gasteiger partial charge in [-0.2, -0.15) is 0 Å². The van der Waals surface area contributed by atoms with Gasteiger partial charge >= 0.3 is 0 Å². The normalized spacial score (nSPS) is 15.2. The van der Waals surface area contributed by atoms with E-state index in [1.165, 1.54) is 11.1 Å². The van der Waals surface area contributed by atoms with Crippen LogP contribution in [0.25, 0.3) is 0 Å². The van der Waals surface area contributed by atoms with E-state index in [4.69, 9.17) is 9.47 Å². The standard InChI is InChI=1S/C25H37N5O2/c1-26-25(27-17-20-7-6-8-21(15-20)18-28(2)3)30-13-11-29(12-14-30)19-22-16-23(31-4)9-10-24(22)32-5/h6-10,15-16H,11-14,17-19H2,1-5H3,(H,26,27). The molecule has 0 atom stereocenters. The van der Waals surface area contributed by atoms with Crippen LogP contribution in [-0.4, -0.2) is 82.2 Å². The Morgan fingerprint density at radius 1 is 1.00 bits per heavy atom. The smallest absolute Gasteiger partial charge is 0.194 e.